The van der Waals surface area contributed by atoms with Gasteiger partial charge in [0, 0.05) is 35.9 Å². The molecule has 2 aliphatic rings. The lowest BCUT2D eigenvalue weighted by atomic mass is 9.60. The van der Waals surface area contributed by atoms with Crippen molar-refractivity contribution < 1.29 is 19.5 Å². The van der Waals surface area contributed by atoms with Crippen molar-refractivity contribution in [1.82, 2.24) is 5.32 Å². The molecule has 0 radical (unpaired) electrons. The highest BCUT2D eigenvalue weighted by atomic mass is 16.3. The normalized spacial score (nSPS) is 23.1. The van der Waals surface area contributed by atoms with Crippen LogP contribution in [0, 0.1) is 23.7 Å². The first kappa shape index (κ1) is 27.3. The second kappa shape index (κ2) is 14.3. The van der Waals surface area contributed by atoms with Gasteiger partial charge >= 0.3 is 0 Å². The zero-order chi connectivity index (χ0) is 25.0. The third-order valence-electron chi connectivity index (χ3n) is 7.74. The van der Waals surface area contributed by atoms with Gasteiger partial charge in [-0.2, -0.15) is 0 Å². The number of carbonyl (C=O) groups is 3. The molecule has 192 valence electrons. The minimum absolute atomic E-state index is 0.00226. The van der Waals surface area contributed by atoms with Crippen molar-refractivity contribution in [2.45, 2.75) is 84.0 Å². The van der Waals surface area contributed by atoms with Gasteiger partial charge in [-0.15, -0.1) is 0 Å². The summed E-state index contributed by atoms with van der Waals surface area (Å²) in [4.78, 5) is 38.8. The minimum atomic E-state index is -0.228. The van der Waals surface area contributed by atoms with Crippen LogP contribution in [-0.4, -0.2) is 35.7 Å². The van der Waals surface area contributed by atoms with Gasteiger partial charge in [-0.3, -0.25) is 14.4 Å². The fourth-order valence-electron chi connectivity index (χ4n) is 5.88. The Morgan fingerprint density at radius 1 is 0.800 bits per heavy atom. The van der Waals surface area contributed by atoms with E-state index in [-0.39, 0.29) is 47.8 Å². The van der Waals surface area contributed by atoms with E-state index < -0.39 is 0 Å². The smallest absolute Gasteiger partial charge is 0.220 e. The molecule has 5 nitrogen and oxygen atoms in total. The van der Waals surface area contributed by atoms with Crippen molar-refractivity contribution in [2.75, 3.05) is 13.2 Å². The summed E-state index contributed by atoms with van der Waals surface area (Å²) in [6, 6.07) is 7.39. The van der Waals surface area contributed by atoms with E-state index in [1.54, 1.807) is 0 Å². The maximum absolute atomic E-state index is 13.6. The predicted octanol–water partition coefficient (Wildman–Crippen LogP) is 5.91. The number of hydrogen-bond donors (Lipinski definition) is 2. The summed E-state index contributed by atoms with van der Waals surface area (Å²) in [5.74, 6) is 0.171. The first-order chi connectivity index (χ1) is 17.1. The average molecular weight is 482 g/mol. The zero-order valence-electron chi connectivity index (χ0n) is 21.3. The monoisotopic (exact) mass is 481 g/mol. The van der Waals surface area contributed by atoms with Crippen molar-refractivity contribution in [3.63, 3.8) is 0 Å². The number of ketones is 2. The summed E-state index contributed by atoms with van der Waals surface area (Å²) in [7, 11) is 0. The van der Waals surface area contributed by atoms with Gasteiger partial charge in [0.2, 0.25) is 5.91 Å². The second-order valence-electron chi connectivity index (χ2n) is 10.3. The number of hydrogen-bond acceptors (Lipinski definition) is 4. The Bertz CT molecular complexity index is 877. The molecular formula is C30H43NO4. The number of unbranched alkanes of at least 4 members (excludes halogenated alkanes) is 7. The molecule has 0 fully saturated rings. The van der Waals surface area contributed by atoms with E-state index in [1.807, 2.05) is 24.3 Å². The van der Waals surface area contributed by atoms with E-state index in [0.29, 0.717) is 24.1 Å². The number of amides is 1. The van der Waals surface area contributed by atoms with Crippen molar-refractivity contribution in [1.29, 1.82) is 0 Å². The van der Waals surface area contributed by atoms with Crippen LogP contribution < -0.4 is 5.32 Å². The summed E-state index contributed by atoms with van der Waals surface area (Å²) in [6.07, 6.45) is 16.6. The highest BCUT2D eigenvalue weighted by Gasteiger charge is 2.48. The van der Waals surface area contributed by atoms with E-state index in [9.17, 15) is 14.4 Å². The van der Waals surface area contributed by atoms with Crippen LogP contribution in [0.2, 0.25) is 0 Å². The largest absolute Gasteiger partial charge is 0.395 e. The molecule has 3 rings (SSSR count). The maximum Gasteiger partial charge on any atom is 0.220 e. The molecule has 1 aromatic rings. The van der Waals surface area contributed by atoms with Crippen LogP contribution in [0.5, 0.6) is 0 Å². The Morgan fingerprint density at radius 2 is 1.31 bits per heavy atom. The van der Waals surface area contributed by atoms with E-state index in [1.165, 1.54) is 19.3 Å². The summed E-state index contributed by atoms with van der Waals surface area (Å²) in [5.41, 5.74) is 1.23. The molecule has 0 bridgehead atoms. The third kappa shape index (κ3) is 7.36. The number of nitrogens with one attached hydrogen (secondary N) is 1. The van der Waals surface area contributed by atoms with Gasteiger partial charge in [-0.05, 0) is 31.1 Å². The van der Waals surface area contributed by atoms with Gasteiger partial charge in [0.1, 0.15) is 0 Å². The fraction of sp³-hybridized carbons (Fsp3) is 0.633. The van der Waals surface area contributed by atoms with Crippen LogP contribution in [-0.2, 0) is 4.79 Å². The Balaban J connectivity index is 1.57. The molecule has 35 heavy (non-hydrogen) atoms. The molecule has 0 spiro atoms. The summed E-state index contributed by atoms with van der Waals surface area (Å²) in [6.45, 7) is 2.50. The van der Waals surface area contributed by atoms with Gasteiger partial charge < -0.3 is 10.4 Å². The molecule has 1 amide bonds. The molecule has 0 aliphatic heterocycles. The number of carbonyl (C=O) groups excluding carboxylic acids is 3. The van der Waals surface area contributed by atoms with Crippen LogP contribution in [0.25, 0.3) is 0 Å². The maximum atomic E-state index is 13.6. The fourth-order valence-corrected chi connectivity index (χ4v) is 5.88. The number of Topliss-reactive ketones (excluding diaryl/α,β-unsaturated/α-hetero) is 2. The van der Waals surface area contributed by atoms with Gasteiger partial charge in [-0.1, -0.05) is 94.7 Å². The van der Waals surface area contributed by atoms with Gasteiger partial charge in [0.05, 0.1) is 6.61 Å². The first-order valence-electron chi connectivity index (χ1n) is 13.8. The molecule has 0 saturated carbocycles. The number of aliphatic hydroxyl groups excluding tert-OH is 1. The van der Waals surface area contributed by atoms with Gasteiger partial charge in [-0.25, -0.2) is 0 Å². The Hall–Kier alpha value is -2.27. The molecule has 4 atom stereocenters. The van der Waals surface area contributed by atoms with Crippen LogP contribution >= 0.6 is 0 Å². The molecule has 1 aromatic carbocycles. The highest BCUT2D eigenvalue weighted by molar-refractivity contribution is 6.16. The number of fused-ring (bicyclic) bond motifs is 2. The third-order valence-corrected chi connectivity index (χ3v) is 7.74. The Kier molecular flexibility index (Phi) is 11.2. The van der Waals surface area contributed by atoms with E-state index in [2.05, 4.69) is 24.4 Å². The summed E-state index contributed by atoms with van der Waals surface area (Å²) >= 11 is 0. The summed E-state index contributed by atoms with van der Waals surface area (Å²) in [5, 5.41) is 11.4. The second-order valence-corrected chi connectivity index (χ2v) is 10.3. The lowest BCUT2D eigenvalue weighted by Crippen LogP contribution is -2.45. The van der Waals surface area contributed by atoms with Crippen molar-refractivity contribution in [3.8, 4) is 0 Å². The standard InChI is InChI=1S/C30H43NO4/c1-2-3-4-8-13-22-18-19-23(14-9-6-5-7-10-17-26(33)31-20-21-32)28-27(22)29(34)24-15-11-12-16-25(24)30(28)35/h11-12,15-16,18-19,22-23,27-28,32H,2-10,13-14,17,20-21H2,1H3,(H,31,33). The SMILES string of the molecule is CCCCCCC1C=CC(CCCCCCCC(=O)NCCO)C2C(=O)c3ccccc3C(=O)C12. The molecular weight excluding hydrogens is 438 g/mol. The number of benzene rings is 1. The molecule has 0 saturated heterocycles. The minimum Gasteiger partial charge on any atom is -0.395 e. The van der Waals surface area contributed by atoms with Crippen LogP contribution in [0.1, 0.15) is 105 Å². The summed E-state index contributed by atoms with van der Waals surface area (Å²) < 4.78 is 0. The average Bonchev–Trinajstić information content (AvgIpc) is 2.88. The van der Waals surface area contributed by atoms with E-state index in [0.717, 1.165) is 51.4 Å². The molecule has 2 aliphatic carbocycles. The van der Waals surface area contributed by atoms with E-state index in [4.69, 9.17) is 5.11 Å². The Morgan fingerprint density at radius 3 is 1.86 bits per heavy atom. The molecule has 2 N–H and O–H groups in total. The molecule has 0 aromatic heterocycles. The van der Waals surface area contributed by atoms with Gasteiger partial charge in [0.15, 0.2) is 11.6 Å². The molecule has 0 heterocycles. The number of allylic oxidation sites excluding steroid dienone is 2. The quantitative estimate of drug-likeness (QED) is 0.241. The topological polar surface area (TPSA) is 83.5 Å². The predicted molar refractivity (Wildman–Crippen MR) is 139 cm³/mol. The number of rotatable bonds is 15. The molecule has 4 unspecified atom stereocenters. The van der Waals surface area contributed by atoms with Crippen LogP contribution in [0.15, 0.2) is 36.4 Å². The number of aliphatic hydroxyl groups is 1. The van der Waals surface area contributed by atoms with E-state index >= 15 is 0 Å². The van der Waals surface area contributed by atoms with Gasteiger partial charge in [0.25, 0.3) is 0 Å². The highest BCUT2D eigenvalue weighted by Crippen LogP contribution is 2.45. The molecule has 5 heteroatoms. The van der Waals surface area contributed by atoms with Crippen molar-refractivity contribution in [3.05, 3.63) is 47.5 Å². The Labute approximate surface area is 210 Å². The lowest BCUT2D eigenvalue weighted by molar-refractivity contribution is -0.121. The van der Waals surface area contributed by atoms with Crippen LogP contribution in [0.4, 0.5) is 0 Å². The van der Waals surface area contributed by atoms with Crippen molar-refractivity contribution in [2.24, 2.45) is 23.7 Å². The lowest BCUT2D eigenvalue weighted by Gasteiger charge is -2.41. The first-order valence-corrected chi connectivity index (χ1v) is 13.8. The zero-order valence-corrected chi connectivity index (χ0v) is 21.3. The van der Waals surface area contributed by atoms with Crippen LogP contribution in [0.3, 0.4) is 0 Å². The van der Waals surface area contributed by atoms with Crippen molar-refractivity contribution >= 4 is 17.5 Å².